The number of benzene rings is 1. The van der Waals surface area contributed by atoms with Gasteiger partial charge >= 0.3 is 0 Å². The summed E-state index contributed by atoms with van der Waals surface area (Å²) in [5, 5.41) is 3.67. The molecule has 1 amide bonds. The summed E-state index contributed by atoms with van der Waals surface area (Å²) in [5.41, 5.74) is 2.70. The summed E-state index contributed by atoms with van der Waals surface area (Å²) in [4.78, 5) is 12.0. The molecule has 0 spiro atoms. The topological polar surface area (TPSA) is 34.0 Å². The molecule has 1 aromatic carbocycles. The summed E-state index contributed by atoms with van der Waals surface area (Å²) < 4.78 is 2.04. The number of nitrogens with one attached hydrogen (secondary N) is 1. The quantitative estimate of drug-likeness (QED) is 0.923. The molecule has 0 saturated carbocycles. The molecule has 0 radical (unpaired) electrons. The van der Waals surface area contributed by atoms with Crippen molar-refractivity contribution in [3.63, 3.8) is 0 Å². The highest BCUT2D eigenvalue weighted by Gasteiger charge is 2.09. The molecular formula is C14H14Cl2N2O. The Balaban J connectivity index is 2.05. The minimum atomic E-state index is -0.169. The number of carbonyl (C=O) groups excluding carboxylic acids is 1. The van der Waals surface area contributed by atoms with Crippen molar-refractivity contribution in [2.24, 2.45) is 7.05 Å². The number of nitrogens with zero attached hydrogens (tertiary/aromatic N) is 1. The molecule has 0 unspecified atom stereocenters. The molecule has 0 saturated heterocycles. The Bertz CT molecular complexity index is 620. The molecular weight excluding hydrogens is 283 g/mol. The third-order valence-electron chi connectivity index (χ3n) is 3.09. The zero-order chi connectivity index (χ0) is 14.0. The van der Waals surface area contributed by atoms with Gasteiger partial charge in [0.2, 0.25) is 0 Å². The van der Waals surface area contributed by atoms with E-state index in [9.17, 15) is 4.79 Å². The number of amides is 1. The van der Waals surface area contributed by atoms with E-state index in [0.29, 0.717) is 22.2 Å². The van der Waals surface area contributed by atoms with Gasteiger partial charge in [0.15, 0.2) is 0 Å². The summed E-state index contributed by atoms with van der Waals surface area (Å²) >= 11 is 11.7. The van der Waals surface area contributed by atoms with E-state index in [1.165, 1.54) is 0 Å². The van der Waals surface area contributed by atoms with Crippen molar-refractivity contribution in [1.29, 1.82) is 0 Å². The van der Waals surface area contributed by atoms with E-state index in [1.54, 1.807) is 18.2 Å². The maximum atomic E-state index is 12.0. The highest BCUT2D eigenvalue weighted by Crippen LogP contribution is 2.22. The van der Waals surface area contributed by atoms with Gasteiger partial charge in [-0.05, 0) is 37.3 Å². The summed E-state index contributed by atoms with van der Waals surface area (Å²) in [6.07, 6.45) is 0. The van der Waals surface area contributed by atoms with Crippen LogP contribution in [0.2, 0.25) is 10.0 Å². The number of rotatable bonds is 3. The highest BCUT2D eigenvalue weighted by molar-refractivity contribution is 6.42. The molecule has 0 atom stereocenters. The van der Waals surface area contributed by atoms with E-state index in [2.05, 4.69) is 5.32 Å². The van der Waals surface area contributed by atoms with Gasteiger partial charge in [-0.15, -0.1) is 0 Å². The summed E-state index contributed by atoms with van der Waals surface area (Å²) in [6, 6.07) is 8.84. The molecule has 0 aliphatic heterocycles. The standard InChI is InChI=1S/C14H14Cl2N2O/c1-9-3-5-11(18(9)2)8-17-14(19)10-4-6-12(15)13(16)7-10/h3-7H,8H2,1-2H3,(H,17,19). The Morgan fingerprint density at radius 2 is 1.95 bits per heavy atom. The molecule has 0 aliphatic rings. The van der Waals surface area contributed by atoms with Crippen molar-refractivity contribution >= 4 is 29.1 Å². The molecule has 3 nitrogen and oxygen atoms in total. The third kappa shape index (κ3) is 3.11. The number of hydrogen-bond donors (Lipinski definition) is 1. The molecule has 0 bridgehead atoms. The van der Waals surface area contributed by atoms with Crippen LogP contribution in [0.15, 0.2) is 30.3 Å². The van der Waals surface area contributed by atoms with Crippen LogP contribution in [0.4, 0.5) is 0 Å². The predicted octanol–water partition coefficient (Wildman–Crippen LogP) is 3.57. The fourth-order valence-corrected chi connectivity index (χ4v) is 2.05. The van der Waals surface area contributed by atoms with Crippen molar-refractivity contribution in [2.75, 3.05) is 0 Å². The lowest BCUT2D eigenvalue weighted by atomic mass is 10.2. The second-order valence-corrected chi connectivity index (χ2v) is 5.15. The second kappa shape index (κ2) is 5.68. The van der Waals surface area contributed by atoms with Gasteiger partial charge < -0.3 is 9.88 Å². The monoisotopic (exact) mass is 296 g/mol. The Labute approximate surface area is 122 Å². The van der Waals surface area contributed by atoms with Gasteiger partial charge in [0.05, 0.1) is 16.6 Å². The SMILES string of the molecule is Cc1ccc(CNC(=O)c2ccc(Cl)c(Cl)c2)n1C. The second-order valence-electron chi connectivity index (χ2n) is 4.34. The normalized spacial score (nSPS) is 10.5. The van der Waals surface area contributed by atoms with Gasteiger partial charge in [0.1, 0.15) is 0 Å². The van der Waals surface area contributed by atoms with Crippen LogP contribution in [0.25, 0.3) is 0 Å². The van der Waals surface area contributed by atoms with Crippen LogP contribution in [0.1, 0.15) is 21.7 Å². The molecule has 19 heavy (non-hydrogen) atoms. The van der Waals surface area contributed by atoms with Crippen molar-refractivity contribution < 1.29 is 4.79 Å². The van der Waals surface area contributed by atoms with Crippen molar-refractivity contribution in [3.05, 3.63) is 57.3 Å². The van der Waals surface area contributed by atoms with Gasteiger partial charge in [0.25, 0.3) is 5.91 Å². The number of hydrogen-bond acceptors (Lipinski definition) is 1. The first-order valence-electron chi connectivity index (χ1n) is 5.83. The fraction of sp³-hybridized carbons (Fsp3) is 0.214. The summed E-state index contributed by atoms with van der Waals surface area (Å²) in [5.74, 6) is -0.169. The molecule has 1 N–H and O–H groups in total. The highest BCUT2D eigenvalue weighted by atomic mass is 35.5. The predicted molar refractivity (Wildman–Crippen MR) is 77.8 cm³/mol. The van der Waals surface area contributed by atoms with Crippen LogP contribution in [0.3, 0.4) is 0 Å². The van der Waals surface area contributed by atoms with Crippen LogP contribution >= 0.6 is 23.2 Å². The third-order valence-corrected chi connectivity index (χ3v) is 3.83. The fourth-order valence-electron chi connectivity index (χ4n) is 1.75. The summed E-state index contributed by atoms with van der Waals surface area (Å²) in [6.45, 7) is 2.49. The molecule has 100 valence electrons. The minimum Gasteiger partial charge on any atom is -0.350 e. The molecule has 5 heteroatoms. The number of aromatic nitrogens is 1. The lowest BCUT2D eigenvalue weighted by molar-refractivity contribution is 0.0950. The van der Waals surface area contributed by atoms with Gasteiger partial charge in [-0.25, -0.2) is 0 Å². The first kappa shape index (κ1) is 14.0. The van der Waals surface area contributed by atoms with Gasteiger partial charge in [0, 0.05) is 24.0 Å². The Kier molecular flexibility index (Phi) is 4.17. The maximum absolute atomic E-state index is 12.0. The van der Waals surface area contributed by atoms with Crippen LogP contribution in [0.5, 0.6) is 0 Å². The van der Waals surface area contributed by atoms with Crippen LogP contribution < -0.4 is 5.32 Å². The number of aryl methyl sites for hydroxylation is 1. The van der Waals surface area contributed by atoms with E-state index < -0.39 is 0 Å². The Morgan fingerprint density at radius 3 is 2.53 bits per heavy atom. The lowest BCUT2D eigenvalue weighted by Gasteiger charge is -2.08. The zero-order valence-electron chi connectivity index (χ0n) is 10.7. The van der Waals surface area contributed by atoms with Gasteiger partial charge in [-0.2, -0.15) is 0 Å². The molecule has 1 aromatic heterocycles. The van der Waals surface area contributed by atoms with E-state index in [1.807, 2.05) is 30.7 Å². The van der Waals surface area contributed by atoms with Crippen molar-refractivity contribution in [1.82, 2.24) is 9.88 Å². The molecule has 2 rings (SSSR count). The van der Waals surface area contributed by atoms with Crippen molar-refractivity contribution in [3.8, 4) is 0 Å². The van der Waals surface area contributed by atoms with E-state index in [4.69, 9.17) is 23.2 Å². The first-order chi connectivity index (χ1) is 8.99. The zero-order valence-corrected chi connectivity index (χ0v) is 12.2. The van der Waals surface area contributed by atoms with Crippen molar-refractivity contribution in [2.45, 2.75) is 13.5 Å². The molecule has 0 aliphatic carbocycles. The average Bonchev–Trinajstić information content (AvgIpc) is 2.70. The molecule has 1 heterocycles. The number of halogens is 2. The largest absolute Gasteiger partial charge is 0.350 e. The van der Waals surface area contributed by atoms with E-state index in [0.717, 1.165) is 11.4 Å². The molecule has 2 aromatic rings. The van der Waals surface area contributed by atoms with Crippen LogP contribution in [-0.2, 0) is 13.6 Å². The lowest BCUT2D eigenvalue weighted by Crippen LogP contribution is -2.24. The van der Waals surface area contributed by atoms with Gasteiger partial charge in [-0.1, -0.05) is 23.2 Å². The smallest absolute Gasteiger partial charge is 0.251 e. The van der Waals surface area contributed by atoms with Crippen LogP contribution in [0, 0.1) is 6.92 Å². The first-order valence-corrected chi connectivity index (χ1v) is 6.59. The van der Waals surface area contributed by atoms with E-state index >= 15 is 0 Å². The Hall–Kier alpha value is -1.45. The van der Waals surface area contributed by atoms with Gasteiger partial charge in [-0.3, -0.25) is 4.79 Å². The minimum absolute atomic E-state index is 0.169. The number of carbonyl (C=O) groups is 1. The maximum Gasteiger partial charge on any atom is 0.251 e. The van der Waals surface area contributed by atoms with E-state index in [-0.39, 0.29) is 5.91 Å². The average molecular weight is 297 g/mol. The van der Waals surface area contributed by atoms with Crippen LogP contribution in [-0.4, -0.2) is 10.5 Å². The molecule has 0 fully saturated rings. The summed E-state index contributed by atoms with van der Waals surface area (Å²) in [7, 11) is 1.97. The Morgan fingerprint density at radius 1 is 1.21 bits per heavy atom.